The Morgan fingerprint density at radius 1 is 0.812 bits per heavy atom. The minimum absolute atomic E-state index is 0.165. The van der Waals surface area contributed by atoms with Gasteiger partial charge >= 0.3 is 0 Å². The van der Waals surface area contributed by atoms with E-state index in [0.29, 0.717) is 10.7 Å². The quantitative estimate of drug-likeness (QED) is 0.354. The monoisotopic (exact) mass is 441 g/mol. The van der Waals surface area contributed by atoms with E-state index >= 15 is 0 Å². The highest BCUT2D eigenvalue weighted by atomic mass is 35.5. The number of halogens is 1. The molecule has 160 valence electrons. The van der Waals surface area contributed by atoms with Crippen molar-refractivity contribution in [2.24, 2.45) is 11.3 Å². The van der Waals surface area contributed by atoms with Crippen LogP contribution in [0, 0.1) is 18.3 Å². The van der Waals surface area contributed by atoms with E-state index in [1.165, 1.54) is 4.90 Å². The van der Waals surface area contributed by atoms with Crippen molar-refractivity contribution in [3.8, 4) is 0 Å². The van der Waals surface area contributed by atoms with Crippen molar-refractivity contribution in [2.45, 2.75) is 25.7 Å². The number of allylic oxidation sites excluding steroid dienone is 2. The lowest BCUT2D eigenvalue weighted by Gasteiger charge is -2.41. The molecule has 2 amide bonds. The molecule has 3 aromatic carbocycles. The molecule has 1 aliphatic heterocycles. The van der Waals surface area contributed by atoms with Crippen molar-refractivity contribution in [3.05, 3.63) is 113 Å². The van der Waals surface area contributed by atoms with E-state index in [4.69, 9.17) is 11.6 Å². The van der Waals surface area contributed by atoms with E-state index in [9.17, 15) is 9.59 Å². The summed E-state index contributed by atoms with van der Waals surface area (Å²) in [5.41, 5.74) is 2.47. The number of nitrogens with zero attached hydrogens (tertiary/aromatic N) is 1. The molecule has 5 rings (SSSR count). The van der Waals surface area contributed by atoms with Crippen LogP contribution in [0.5, 0.6) is 0 Å². The molecule has 4 heteroatoms. The molecule has 0 saturated carbocycles. The highest BCUT2D eigenvalue weighted by molar-refractivity contribution is 6.32. The molecule has 1 heterocycles. The summed E-state index contributed by atoms with van der Waals surface area (Å²) in [6.45, 7) is 3.80. The lowest BCUT2D eigenvalue weighted by Crippen LogP contribution is -2.42. The van der Waals surface area contributed by atoms with Crippen molar-refractivity contribution >= 4 is 29.1 Å². The van der Waals surface area contributed by atoms with Gasteiger partial charge in [0.05, 0.1) is 17.0 Å². The number of rotatable bonds is 3. The van der Waals surface area contributed by atoms with Gasteiger partial charge in [0.15, 0.2) is 0 Å². The molecule has 32 heavy (non-hydrogen) atoms. The Morgan fingerprint density at radius 3 is 2.09 bits per heavy atom. The Bertz CT molecular complexity index is 1220. The molecule has 0 aromatic heterocycles. The van der Waals surface area contributed by atoms with E-state index in [0.717, 1.165) is 16.7 Å². The van der Waals surface area contributed by atoms with Crippen LogP contribution in [0.3, 0.4) is 0 Å². The van der Waals surface area contributed by atoms with Crippen molar-refractivity contribution in [1.29, 1.82) is 0 Å². The number of amides is 2. The summed E-state index contributed by atoms with van der Waals surface area (Å²) in [4.78, 5) is 29.5. The van der Waals surface area contributed by atoms with Crippen molar-refractivity contribution in [3.63, 3.8) is 0 Å². The predicted molar refractivity (Wildman–Crippen MR) is 128 cm³/mol. The van der Waals surface area contributed by atoms with Gasteiger partial charge in [-0.3, -0.25) is 9.59 Å². The molecule has 0 spiro atoms. The van der Waals surface area contributed by atoms with Gasteiger partial charge in [-0.1, -0.05) is 90.5 Å². The Balaban J connectivity index is 1.71. The third kappa shape index (κ3) is 2.96. The topological polar surface area (TPSA) is 37.4 Å². The molecular weight excluding hydrogens is 418 g/mol. The lowest BCUT2D eigenvalue weighted by molar-refractivity contribution is -0.127. The van der Waals surface area contributed by atoms with Crippen LogP contribution in [0.4, 0.5) is 5.69 Å². The molecule has 1 fully saturated rings. The van der Waals surface area contributed by atoms with Crippen LogP contribution in [-0.2, 0) is 9.59 Å². The number of anilines is 1. The first-order chi connectivity index (χ1) is 15.4. The van der Waals surface area contributed by atoms with Crippen LogP contribution in [-0.4, -0.2) is 11.8 Å². The van der Waals surface area contributed by atoms with Crippen molar-refractivity contribution in [2.75, 3.05) is 4.90 Å². The summed E-state index contributed by atoms with van der Waals surface area (Å²) in [6.07, 6.45) is 4.22. The smallest absolute Gasteiger partial charge is 0.241 e. The van der Waals surface area contributed by atoms with Gasteiger partial charge in [0.1, 0.15) is 0 Å². The summed E-state index contributed by atoms with van der Waals surface area (Å²) in [6, 6.07) is 25.3. The molecule has 0 N–H and O–H groups in total. The molecule has 1 saturated heterocycles. The SMILES string of the molecule is Cc1c(Cl)cccc1N1C(=O)[C@H]2[C@@H](c3ccccc3)C=C[C@H](c3ccccc3)[C@]2(C)C1=O. The maximum atomic E-state index is 14.1. The van der Waals surface area contributed by atoms with Crippen molar-refractivity contribution < 1.29 is 9.59 Å². The Morgan fingerprint density at radius 2 is 1.44 bits per heavy atom. The fourth-order valence-electron chi connectivity index (χ4n) is 5.43. The molecule has 3 nitrogen and oxygen atoms in total. The van der Waals surface area contributed by atoms with Crippen LogP contribution >= 0.6 is 11.6 Å². The Kier molecular flexibility index (Phi) is 5.02. The van der Waals surface area contributed by atoms with E-state index in [2.05, 4.69) is 12.2 Å². The van der Waals surface area contributed by atoms with Gasteiger partial charge in [-0.25, -0.2) is 4.90 Å². The maximum Gasteiger partial charge on any atom is 0.241 e. The van der Waals surface area contributed by atoms with Gasteiger partial charge in [-0.15, -0.1) is 0 Å². The van der Waals surface area contributed by atoms with Gasteiger partial charge in [0, 0.05) is 16.9 Å². The second-order valence-corrected chi connectivity index (χ2v) is 9.24. The predicted octanol–water partition coefficient (Wildman–Crippen LogP) is 6.28. The highest BCUT2D eigenvalue weighted by Gasteiger charge is 2.63. The first-order valence-corrected chi connectivity index (χ1v) is 11.2. The zero-order chi connectivity index (χ0) is 22.5. The number of benzene rings is 3. The fraction of sp³-hybridized carbons (Fsp3) is 0.214. The van der Waals surface area contributed by atoms with Gasteiger partial charge < -0.3 is 0 Å². The zero-order valence-electron chi connectivity index (χ0n) is 18.0. The summed E-state index contributed by atoms with van der Waals surface area (Å²) >= 11 is 6.36. The first kappa shape index (κ1) is 20.7. The number of fused-ring (bicyclic) bond motifs is 1. The third-order valence-electron chi connectivity index (χ3n) is 7.14. The Hall–Kier alpha value is -3.17. The van der Waals surface area contributed by atoms with E-state index in [1.807, 2.05) is 74.5 Å². The second-order valence-electron chi connectivity index (χ2n) is 8.83. The van der Waals surface area contributed by atoms with Crippen molar-refractivity contribution in [1.82, 2.24) is 0 Å². The molecular formula is C28H24ClNO2. The third-order valence-corrected chi connectivity index (χ3v) is 7.55. The standard InChI is InChI=1S/C28H24ClNO2/c1-18-23(29)14-9-15-24(18)30-26(31)25-21(19-10-5-3-6-11-19)16-17-22(28(25,2)27(30)32)20-12-7-4-8-13-20/h3-17,21-22,25H,1-2H3/t21-,22-,25-,28+/m1/s1. The van der Waals surface area contributed by atoms with E-state index < -0.39 is 11.3 Å². The van der Waals surface area contributed by atoms with Crippen LogP contribution in [0.15, 0.2) is 91.0 Å². The number of hydrogen-bond acceptors (Lipinski definition) is 2. The van der Waals surface area contributed by atoms with Gasteiger partial charge in [-0.2, -0.15) is 0 Å². The largest absolute Gasteiger partial charge is 0.274 e. The maximum absolute atomic E-state index is 14.1. The van der Waals surface area contributed by atoms with Crippen LogP contribution in [0.25, 0.3) is 0 Å². The summed E-state index contributed by atoms with van der Waals surface area (Å²) in [7, 11) is 0. The second kappa shape index (κ2) is 7.75. The van der Waals surface area contributed by atoms with Crippen LogP contribution in [0.1, 0.15) is 35.4 Å². The van der Waals surface area contributed by atoms with Gasteiger partial charge in [0.25, 0.3) is 0 Å². The average Bonchev–Trinajstić information content (AvgIpc) is 3.02. The molecule has 3 aromatic rings. The van der Waals surface area contributed by atoms with Crippen LogP contribution < -0.4 is 4.90 Å². The van der Waals surface area contributed by atoms with E-state index in [1.54, 1.807) is 18.2 Å². The van der Waals surface area contributed by atoms with E-state index in [-0.39, 0.29) is 23.7 Å². The van der Waals surface area contributed by atoms with Gasteiger partial charge in [0.2, 0.25) is 11.8 Å². The zero-order valence-corrected chi connectivity index (χ0v) is 18.8. The molecule has 2 aliphatic rings. The molecule has 4 atom stereocenters. The normalized spacial score (nSPS) is 27.0. The molecule has 0 bridgehead atoms. The molecule has 0 radical (unpaired) electrons. The average molecular weight is 442 g/mol. The number of carbonyl (C=O) groups excluding carboxylic acids is 2. The first-order valence-electron chi connectivity index (χ1n) is 10.9. The Labute approximate surface area is 193 Å². The molecule has 0 unspecified atom stereocenters. The summed E-state index contributed by atoms with van der Waals surface area (Å²) in [5.74, 6) is -1.22. The minimum atomic E-state index is -0.914. The number of hydrogen-bond donors (Lipinski definition) is 0. The molecule has 1 aliphatic carbocycles. The highest BCUT2D eigenvalue weighted by Crippen LogP contribution is 2.58. The number of imide groups is 1. The lowest BCUT2D eigenvalue weighted by atomic mass is 9.58. The van der Waals surface area contributed by atoms with Gasteiger partial charge in [-0.05, 0) is 42.7 Å². The summed E-state index contributed by atoms with van der Waals surface area (Å²) in [5, 5.41) is 0.542. The fourth-order valence-corrected chi connectivity index (χ4v) is 5.60. The van der Waals surface area contributed by atoms with Crippen LogP contribution in [0.2, 0.25) is 5.02 Å². The summed E-state index contributed by atoms with van der Waals surface area (Å²) < 4.78 is 0. The minimum Gasteiger partial charge on any atom is -0.274 e. The number of carbonyl (C=O) groups is 2.